The quantitative estimate of drug-likeness (QED) is 0.330. The predicted molar refractivity (Wildman–Crippen MR) is 141 cm³/mol. The molecule has 0 unspecified atom stereocenters. The zero-order valence-electron chi connectivity index (χ0n) is 21.3. The van der Waals surface area contributed by atoms with Crippen molar-refractivity contribution in [1.29, 1.82) is 0 Å². The van der Waals surface area contributed by atoms with Gasteiger partial charge in [-0.05, 0) is 23.6 Å². The zero-order chi connectivity index (χ0) is 25.7. The molecule has 0 N–H and O–H groups in total. The standard InChI is InChI=1S/C27H33N5O3S/c1-19(2)23-16-25(30(4)17-21-8-6-5-7-9-21)29-27(28-23)36-18-22-10-11-24(35-22)26(34)32-14-12-31(13-15-32)20(3)33/h5-11,16,19H,12-15,17-18H2,1-4H3. The lowest BCUT2D eigenvalue weighted by Crippen LogP contribution is -2.50. The number of nitrogens with zero attached hydrogens (tertiary/aromatic N) is 5. The molecule has 3 heterocycles. The Bertz CT molecular complexity index is 1190. The second-order valence-electron chi connectivity index (χ2n) is 9.28. The molecule has 0 bridgehead atoms. The molecule has 0 saturated carbocycles. The first-order chi connectivity index (χ1) is 17.3. The minimum atomic E-state index is -0.141. The van der Waals surface area contributed by atoms with Gasteiger partial charge in [0.15, 0.2) is 10.9 Å². The second kappa shape index (κ2) is 11.6. The molecule has 0 radical (unpaired) electrons. The summed E-state index contributed by atoms with van der Waals surface area (Å²) >= 11 is 1.50. The molecule has 2 aromatic heterocycles. The lowest BCUT2D eigenvalue weighted by atomic mass is 10.1. The van der Waals surface area contributed by atoms with Gasteiger partial charge < -0.3 is 19.1 Å². The summed E-state index contributed by atoms with van der Waals surface area (Å²) in [6.45, 7) is 8.68. The highest BCUT2D eigenvalue weighted by Gasteiger charge is 2.25. The number of hydrogen-bond acceptors (Lipinski definition) is 7. The van der Waals surface area contributed by atoms with Gasteiger partial charge in [0.25, 0.3) is 5.91 Å². The lowest BCUT2D eigenvalue weighted by Gasteiger charge is -2.33. The smallest absolute Gasteiger partial charge is 0.289 e. The van der Waals surface area contributed by atoms with E-state index in [1.54, 1.807) is 22.8 Å². The van der Waals surface area contributed by atoms with Crippen LogP contribution in [0.3, 0.4) is 0 Å². The molecule has 8 nitrogen and oxygen atoms in total. The average Bonchev–Trinajstić information content (AvgIpc) is 3.36. The van der Waals surface area contributed by atoms with Crippen LogP contribution >= 0.6 is 11.8 Å². The fourth-order valence-corrected chi connectivity index (χ4v) is 4.77. The van der Waals surface area contributed by atoms with Gasteiger partial charge in [-0.3, -0.25) is 9.59 Å². The first-order valence-corrected chi connectivity index (χ1v) is 13.2. The van der Waals surface area contributed by atoms with Crippen LogP contribution in [0.1, 0.15) is 54.3 Å². The van der Waals surface area contributed by atoms with E-state index in [0.717, 1.165) is 18.1 Å². The summed E-state index contributed by atoms with van der Waals surface area (Å²) in [6, 6.07) is 15.9. The summed E-state index contributed by atoms with van der Waals surface area (Å²) in [5.74, 6) is 2.59. The molecule has 1 aromatic carbocycles. The first-order valence-electron chi connectivity index (χ1n) is 12.2. The van der Waals surface area contributed by atoms with Crippen molar-refractivity contribution in [3.8, 4) is 0 Å². The van der Waals surface area contributed by atoms with Crippen molar-refractivity contribution in [2.45, 2.75) is 44.1 Å². The molecule has 0 atom stereocenters. The molecule has 36 heavy (non-hydrogen) atoms. The monoisotopic (exact) mass is 507 g/mol. The van der Waals surface area contributed by atoms with Crippen LogP contribution in [0.15, 0.2) is 58.1 Å². The molecule has 0 spiro atoms. The summed E-state index contributed by atoms with van der Waals surface area (Å²) < 4.78 is 5.87. The van der Waals surface area contributed by atoms with Crippen LogP contribution in [0.4, 0.5) is 5.82 Å². The fourth-order valence-electron chi connectivity index (χ4n) is 4.01. The minimum absolute atomic E-state index is 0.0394. The van der Waals surface area contributed by atoms with Crippen LogP contribution in [0.2, 0.25) is 0 Å². The highest BCUT2D eigenvalue weighted by atomic mass is 32.2. The molecule has 0 aliphatic carbocycles. The van der Waals surface area contributed by atoms with Crippen LogP contribution in [-0.2, 0) is 17.1 Å². The van der Waals surface area contributed by atoms with Crippen molar-refractivity contribution < 1.29 is 14.0 Å². The highest BCUT2D eigenvalue weighted by molar-refractivity contribution is 7.98. The van der Waals surface area contributed by atoms with E-state index >= 15 is 0 Å². The highest BCUT2D eigenvalue weighted by Crippen LogP contribution is 2.27. The Hall–Kier alpha value is -3.33. The van der Waals surface area contributed by atoms with Gasteiger partial charge in [-0.2, -0.15) is 0 Å². The normalized spacial score (nSPS) is 13.8. The number of rotatable bonds is 8. The molecule has 1 aliphatic rings. The van der Waals surface area contributed by atoms with Crippen LogP contribution in [0.5, 0.6) is 0 Å². The molecule has 190 valence electrons. The Labute approximate surface area is 216 Å². The maximum absolute atomic E-state index is 12.8. The van der Waals surface area contributed by atoms with Crippen molar-refractivity contribution in [2.24, 2.45) is 0 Å². The second-order valence-corrected chi connectivity index (χ2v) is 10.2. The predicted octanol–water partition coefficient (Wildman–Crippen LogP) is 4.43. The van der Waals surface area contributed by atoms with E-state index in [1.807, 2.05) is 37.4 Å². The van der Waals surface area contributed by atoms with Gasteiger partial charge in [-0.15, -0.1) is 0 Å². The molecule has 2 amide bonds. The number of amides is 2. The van der Waals surface area contributed by atoms with Crippen molar-refractivity contribution in [2.75, 3.05) is 38.1 Å². The Morgan fingerprint density at radius 2 is 1.72 bits per heavy atom. The molecule has 3 aromatic rings. The van der Waals surface area contributed by atoms with Gasteiger partial charge in [-0.1, -0.05) is 55.9 Å². The molecule has 1 aliphatic heterocycles. The number of thioether (sulfide) groups is 1. The van der Waals surface area contributed by atoms with Crippen molar-refractivity contribution in [1.82, 2.24) is 19.8 Å². The summed E-state index contributed by atoms with van der Waals surface area (Å²) in [4.78, 5) is 39.5. The SMILES string of the molecule is CC(=O)N1CCN(C(=O)c2ccc(CSc3nc(C(C)C)cc(N(C)Cc4ccccc4)n3)o2)CC1. The molecular weight excluding hydrogens is 474 g/mol. The largest absolute Gasteiger partial charge is 0.455 e. The number of anilines is 1. The van der Waals surface area contributed by atoms with Crippen LogP contribution in [0.25, 0.3) is 0 Å². The van der Waals surface area contributed by atoms with Gasteiger partial charge in [-0.25, -0.2) is 9.97 Å². The zero-order valence-corrected chi connectivity index (χ0v) is 22.1. The summed E-state index contributed by atoms with van der Waals surface area (Å²) in [5, 5.41) is 0.681. The number of carbonyl (C=O) groups is 2. The van der Waals surface area contributed by atoms with Gasteiger partial charge in [0.2, 0.25) is 5.91 Å². The fraction of sp³-hybridized carbons (Fsp3) is 0.407. The molecule has 1 fully saturated rings. The van der Waals surface area contributed by atoms with Crippen molar-refractivity contribution in [3.05, 3.63) is 71.3 Å². The number of piperazine rings is 1. The lowest BCUT2D eigenvalue weighted by molar-refractivity contribution is -0.130. The Morgan fingerprint density at radius 3 is 2.39 bits per heavy atom. The van der Waals surface area contributed by atoms with Gasteiger partial charge in [0.05, 0.1) is 5.75 Å². The average molecular weight is 508 g/mol. The Morgan fingerprint density at radius 1 is 1.03 bits per heavy atom. The van der Waals surface area contributed by atoms with E-state index < -0.39 is 0 Å². The summed E-state index contributed by atoms with van der Waals surface area (Å²) in [5.41, 5.74) is 2.21. The van der Waals surface area contributed by atoms with Gasteiger partial charge >= 0.3 is 0 Å². The van der Waals surface area contributed by atoms with Crippen LogP contribution in [-0.4, -0.2) is 64.8 Å². The van der Waals surface area contributed by atoms with E-state index in [2.05, 4.69) is 30.9 Å². The topological polar surface area (TPSA) is 82.8 Å². The third kappa shape index (κ3) is 6.46. The first kappa shape index (κ1) is 25.8. The molecule has 1 saturated heterocycles. The molecule has 4 rings (SSSR count). The van der Waals surface area contributed by atoms with E-state index in [-0.39, 0.29) is 17.7 Å². The van der Waals surface area contributed by atoms with E-state index in [4.69, 9.17) is 14.4 Å². The number of carbonyl (C=O) groups excluding carboxylic acids is 2. The number of furan rings is 1. The van der Waals surface area contributed by atoms with E-state index in [9.17, 15) is 9.59 Å². The number of benzene rings is 1. The number of aromatic nitrogens is 2. The van der Waals surface area contributed by atoms with Crippen LogP contribution in [0, 0.1) is 0 Å². The third-order valence-electron chi connectivity index (χ3n) is 6.19. The Balaban J connectivity index is 1.40. The Kier molecular flexibility index (Phi) is 8.30. The van der Waals surface area contributed by atoms with Crippen molar-refractivity contribution >= 4 is 29.4 Å². The van der Waals surface area contributed by atoms with Crippen molar-refractivity contribution in [3.63, 3.8) is 0 Å². The summed E-state index contributed by atoms with van der Waals surface area (Å²) in [6.07, 6.45) is 0. The number of hydrogen-bond donors (Lipinski definition) is 0. The summed E-state index contributed by atoms with van der Waals surface area (Å²) in [7, 11) is 2.04. The third-order valence-corrected chi connectivity index (χ3v) is 7.05. The maximum Gasteiger partial charge on any atom is 0.289 e. The minimum Gasteiger partial charge on any atom is -0.455 e. The van der Waals surface area contributed by atoms with Crippen LogP contribution < -0.4 is 4.90 Å². The maximum atomic E-state index is 12.8. The van der Waals surface area contributed by atoms with E-state index in [0.29, 0.717) is 48.6 Å². The van der Waals surface area contributed by atoms with Gasteiger partial charge in [0.1, 0.15) is 11.6 Å². The van der Waals surface area contributed by atoms with E-state index in [1.165, 1.54) is 17.3 Å². The molecular formula is C27H33N5O3S. The molecule has 9 heteroatoms. The van der Waals surface area contributed by atoms with Gasteiger partial charge in [0, 0.05) is 58.5 Å².